The van der Waals surface area contributed by atoms with Gasteiger partial charge < -0.3 is 9.64 Å². The van der Waals surface area contributed by atoms with Crippen LogP contribution in [-0.2, 0) is 23.1 Å². The molecule has 4 heteroatoms. The van der Waals surface area contributed by atoms with E-state index in [-0.39, 0.29) is 5.91 Å². The number of hydrogen-bond donors (Lipinski definition) is 0. The van der Waals surface area contributed by atoms with Crippen molar-refractivity contribution in [3.8, 4) is 5.75 Å². The number of anilines is 1. The van der Waals surface area contributed by atoms with Crippen LogP contribution < -0.4 is 9.64 Å². The quantitative estimate of drug-likeness (QED) is 0.296. The highest BCUT2D eigenvalue weighted by Crippen LogP contribution is 2.44. The van der Waals surface area contributed by atoms with Crippen molar-refractivity contribution in [2.24, 2.45) is 0 Å². The zero-order valence-electron chi connectivity index (χ0n) is 17.9. The number of hydrogen-bond acceptors (Lipinski definition) is 2. The number of carbonyl (C=O) groups is 1. The van der Waals surface area contributed by atoms with Crippen LogP contribution >= 0.6 is 15.9 Å². The van der Waals surface area contributed by atoms with E-state index in [2.05, 4.69) is 46.3 Å². The first kappa shape index (κ1) is 21.6. The molecule has 1 unspecified atom stereocenters. The molecule has 0 N–H and O–H groups in total. The van der Waals surface area contributed by atoms with Gasteiger partial charge in [-0.2, -0.15) is 0 Å². The molecule has 0 spiro atoms. The summed E-state index contributed by atoms with van der Waals surface area (Å²) in [5.41, 5.74) is 3.60. The van der Waals surface area contributed by atoms with Gasteiger partial charge in [0.2, 0.25) is 5.91 Å². The number of amides is 1. The molecule has 4 rings (SSSR count). The van der Waals surface area contributed by atoms with E-state index in [0.29, 0.717) is 19.4 Å². The molecule has 160 valence electrons. The minimum absolute atomic E-state index is 0.117. The van der Waals surface area contributed by atoms with E-state index in [1.165, 1.54) is 5.56 Å². The normalized spacial score (nSPS) is 18.0. The zero-order chi connectivity index (χ0) is 21.7. The lowest BCUT2D eigenvalue weighted by atomic mass is 9.68. The summed E-state index contributed by atoms with van der Waals surface area (Å²) < 4.78 is 6.24. The first-order valence-corrected chi connectivity index (χ1v) is 12.0. The van der Waals surface area contributed by atoms with E-state index in [4.69, 9.17) is 4.74 Å². The summed E-state index contributed by atoms with van der Waals surface area (Å²) in [4.78, 5) is 15.8. The fraction of sp³-hybridized carbons (Fsp3) is 0.296. The van der Waals surface area contributed by atoms with Crippen LogP contribution in [0.5, 0.6) is 5.75 Å². The highest BCUT2D eigenvalue weighted by molar-refractivity contribution is 9.09. The van der Waals surface area contributed by atoms with Crippen LogP contribution in [0.25, 0.3) is 0 Å². The molecular weight excluding hydrogens is 450 g/mol. The molecule has 1 aliphatic rings. The molecule has 0 fully saturated rings. The molecule has 3 aromatic rings. The Balaban J connectivity index is 1.81. The van der Waals surface area contributed by atoms with E-state index in [9.17, 15) is 4.79 Å². The van der Waals surface area contributed by atoms with E-state index in [0.717, 1.165) is 40.7 Å². The number of alkyl halides is 1. The summed E-state index contributed by atoms with van der Waals surface area (Å²) in [5, 5.41) is 0.968. The summed E-state index contributed by atoms with van der Waals surface area (Å²) >= 11 is 3.48. The Hall–Kier alpha value is -2.59. The summed E-state index contributed by atoms with van der Waals surface area (Å²) in [6.45, 7) is 0.643. The third-order valence-corrected chi connectivity index (χ3v) is 6.66. The van der Waals surface area contributed by atoms with Gasteiger partial charge in [0.25, 0.3) is 0 Å². The molecule has 0 saturated carbocycles. The van der Waals surface area contributed by atoms with Gasteiger partial charge in [0.05, 0.1) is 12.0 Å². The van der Waals surface area contributed by atoms with Crippen molar-refractivity contribution < 1.29 is 9.53 Å². The minimum Gasteiger partial charge on any atom is -0.493 e. The van der Waals surface area contributed by atoms with Crippen molar-refractivity contribution in [2.75, 3.05) is 23.9 Å². The molecule has 1 amide bonds. The van der Waals surface area contributed by atoms with Crippen LogP contribution in [0.3, 0.4) is 0 Å². The number of unbranched alkanes of at least 4 members (excludes halogenated alkanes) is 1. The molecule has 0 saturated heterocycles. The highest BCUT2D eigenvalue weighted by Gasteiger charge is 2.47. The Kier molecular flexibility index (Phi) is 6.77. The second kappa shape index (κ2) is 9.69. The van der Waals surface area contributed by atoms with E-state index >= 15 is 0 Å². The molecule has 0 bridgehead atoms. The molecular formula is C27H28BrNO2. The number of ether oxygens (including phenoxy) is 1. The van der Waals surface area contributed by atoms with Crippen molar-refractivity contribution in [3.63, 3.8) is 0 Å². The summed E-state index contributed by atoms with van der Waals surface area (Å²) in [5.74, 6) is 0.931. The van der Waals surface area contributed by atoms with Gasteiger partial charge in [0, 0.05) is 23.6 Å². The molecule has 1 heterocycles. The van der Waals surface area contributed by atoms with Gasteiger partial charge in [-0.25, -0.2) is 0 Å². The van der Waals surface area contributed by atoms with Crippen LogP contribution in [0.1, 0.15) is 29.5 Å². The maximum Gasteiger partial charge on any atom is 0.238 e. The van der Waals surface area contributed by atoms with Crippen molar-refractivity contribution >= 4 is 27.5 Å². The third-order valence-electron chi connectivity index (χ3n) is 6.10. The highest BCUT2D eigenvalue weighted by atomic mass is 79.9. The maximum atomic E-state index is 14.0. The van der Waals surface area contributed by atoms with Gasteiger partial charge in [-0.15, -0.1) is 0 Å². The van der Waals surface area contributed by atoms with Gasteiger partial charge >= 0.3 is 0 Å². The van der Waals surface area contributed by atoms with Crippen molar-refractivity contribution in [2.45, 2.75) is 31.1 Å². The zero-order valence-corrected chi connectivity index (χ0v) is 19.5. The molecule has 0 aromatic heterocycles. The lowest BCUT2D eigenvalue weighted by Gasteiger charge is -2.42. The number of benzene rings is 3. The van der Waals surface area contributed by atoms with Crippen LogP contribution in [-0.4, -0.2) is 24.9 Å². The second-order valence-electron chi connectivity index (χ2n) is 8.15. The topological polar surface area (TPSA) is 29.5 Å². The number of carbonyl (C=O) groups excluding carboxylic acids is 1. The average molecular weight is 478 g/mol. The summed E-state index contributed by atoms with van der Waals surface area (Å²) in [6.07, 6.45) is 3.32. The SMILES string of the molecule is CN1C(=O)C(Cc2ccccc2)(c2ccccc2OCCCCBr)Cc2ccccc21. The van der Waals surface area contributed by atoms with Crippen LogP contribution in [0, 0.1) is 0 Å². The van der Waals surface area contributed by atoms with E-state index in [1.807, 2.05) is 60.5 Å². The lowest BCUT2D eigenvalue weighted by molar-refractivity contribution is -0.124. The lowest BCUT2D eigenvalue weighted by Crippen LogP contribution is -2.52. The Labute approximate surface area is 193 Å². The third kappa shape index (κ3) is 4.40. The second-order valence-corrected chi connectivity index (χ2v) is 8.95. The summed E-state index contributed by atoms with van der Waals surface area (Å²) in [6, 6.07) is 26.6. The van der Waals surface area contributed by atoms with Gasteiger partial charge in [-0.1, -0.05) is 82.7 Å². The van der Waals surface area contributed by atoms with Gasteiger partial charge in [-0.05, 0) is 48.9 Å². The van der Waals surface area contributed by atoms with Gasteiger partial charge in [0.1, 0.15) is 5.75 Å². The fourth-order valence-corrected chi connectivity index (χ4v) is 4.97. The molecule has 3 aromatic carbocycles. The Morgan fingerprint density at radius 3 is 2.45 bits per heavy atom. The average Bonchev–Trinajstić information content (AvgIpc) is 2.81. The smallest absolute Gasteiger partial charge is 0.238 e. The number of para-hydroxylation sites is 2. The number of likely N-dealkylation sites (N-methyl/N-ethyl adjacent to an activating group) is 1. The molecule has 1 atom stereocenters. The number of nitrogens with zero attached hydrogens (tertiary/aromatic N) is 1. The van der Waals surface area contributed by atoms with Crippen molar-refractivity contribution in [1.82, 2.24) is 0 Å². The van der Waals surface area contributed by atoms with Crippen LogP contribution in [0.4, 0.5) is 5.69 Å². The number of fused-ring (bicyclic) bond motifs is 1. The molecule has 31 heavy (non-hydrogen) atoms. The molecule has 0 aliphatic carbocycles. The first-order valence-electron chi connectivity index (χ1n) is 10.8. The Morgan fingerprint density at radius 1 is 0.935 bits per heavy atom. The molecule has 0 radical (unpaired) electrons. The minimum atomic E-state index is -0.712. The number of halogens is 1. The van der Waals surface area contributed by atoms with E-state index in [1.54, 1.807) is 0 Å². The van der Waals surface area contributed by atoms with Crippen LogP contribution in [0.15, 0.2) is 78.9 Å². The Bertz CT molecular complexity index is 1040. The van der Waals surface area contributed by atoms with Gasteiger partial charge in [0.15, 0.2) is 0 Å². The maximum absolute atomic E-state index is 14.0. The molecule has 3 nitrogen and oxygen atoms in total. The predicted molar refractivity (Wildman–Crippen MR) is 130 cm³/mol. The summed E-state index contributed by atoms with van der Waals surface area (Å²) in [7, 11) is 1.89. The predicted octanol–water partition coefficient (Wildman–Crippen LogP) is 5.94. The fourth-order valence-electron chi connectivity index (χ4n) is 4.57. The monoisotopic (exact) mass is 477 g/mol. The van der Waals surface area contributed by atoms with Crippen molar-refractivity contribution in [1.29, 1.82) is 0 Å². The molecule has 1 aliphatic heterocycles. The standard InChI is InChI=1S/C27H28BrNO2/c1-29-24-15-7-5-13-22(24)20-27(26(29)30,19-21-11-3-2-4-12-21)23-14-6-8-16-25(23)31-18-10-9-17-28/h2-8,11-16H,9-10,17-20H2,1H3. The van der Waals surface area contributed by atoms with Crippen molar-refractivity contribution in [3.05, 3.63) is 95.6 Å². The number of rotatable bonds is 8. The van der Waals surface area contributed by atoms with Crippen LogP contribution in [0.2, 0.25) is 0 Å². The largest absolute Gasteiger partial charge is 0.493 e. The van der Waals surface area contributed by atoms with Gasteiger partial charge in [-0.3, -0.25) is 4.79 Å². The Morgan fingerprint density at radius 2 is 1.65 bits per heavy atom. The first-order chi connectivity index (χ1) is 15.2. The van der Waals surface area contributed by atoms with E-state index < -0.39 is 5.41 Å².